The van der Waals surface area contributed by atoms with Gasteiger partial charge in [0, 0.05) is 51.8 Å². The number of hydrogen-bond donors (Lipinski definition) is 0. The number of nitrogens with zero attached hydrogens (tertiary/aromatic N) is 3. The van der Waals surface area contributed by atoms with Crippen molar-refractivity contribution in [2.24, 2.45) is 0 Å². The first-order valence-corrected chi connectivity index (χ1v) is 25.1. The molecule has 3 aromatic heterocycles. The number of aryl methyl sites for hydroxylation is 2. The molecule has 0 N–H and O–H groups in total. The number of benzene rings is 4. The first kappa shape index (κ1) is 42.7. The van der Waals surface area contributed by atoms with Crippen molar-refractivity contribution in [3.8, 4) is 20.9 Å². The van der Waals surface area contributed by atoms with Crippen LogP contribution in [0.4, 0.5) is 17.1 Å². The second-order valence-electron chi connectivity index (χ2n) is 15.2. The first-order valence-electron chi connectivity index (χ1n) is 21.1. The van der Waals surface area contributed by atoms with Crippen LogP contribution in [-0.4, -0.2) is 8.75 Å². The molecule has 0 unspecified atom stereocenters. The quantitative estimate of drug-likeness (QED) is 0.0672. The Balaban J connectivity index is 1.12. The third-order valence-corrected chi connectivity index (χ3v) is 14.6. The molecule has 300 valence electrons. The van der Waals surface area contributed by atoms with Crippen LogP contribution in [0.5, 0.6) is 0 Å². The highest BCUT2D eigenvalue weighted by molar-refractivity contribution is 9.10. The van der Waals surface area contributed by atoms with Crippen LogP contribution in [0.1, 0.15) is 112 Å². The smallest absolute Gasteiger partial charge is 0.114 e. The predicted octanol–water partition coefficient (Wildman–Crippen LogP) is 18.1. The van der Waals surface area contributed by atoms with Crippen LogP contribution in [0.25, 0.3) is 44.1 Å². The zero-order valence-corrected chi connectivity index (χ0v) is 39.3. The Morgan fingerprint density at radius 1 is 0.552 bits per heavy atom. The van der Waals surface area contributed by atoms with Gasteiger partial charge in [-0.05, 0) is 127 Å². The molecular weight excluding hydrogens is 899 g/mol. The van der Waals surface area contributed by atoms with Crippen LogP contribution in [0.3, 0.4) is 0 Å². The predicted molar refractivity (Wildman–Crippen MR) is 264 cm³/mol. The van der Waals surface area contributed by atoms with Crippen LogP contribution in [-0.2, 0) is 12.8 Å². The maximum absolute atomic E-state index is 4.90. The summed E-state index contributed by atoms with van der Waals surface area (Å²) in [4.78, 5) is 6.20. The standard InChI is InChI=1S/C50H53Br2N3S3/c1-3-5-7-9-11-13-15-37-33-47(56-35-37)44-30-31-45(50-49(44)53-58-54-50)48-34-38(16-14-12-10-8-6-4-2)46(57-48)32-19-36-17-24-41(25-18-36)55(42-26-20-39(51)21-27-42)43-28-22-40(52)23-29-43/h17-35H,3-16H2,1-2H3/b32-19+. The number of thiophene rings is 2. The number of anilines is 3. The molecule has 4 aromatic carbocycles. The van der Waals surface area contributed by atoms with Gasteiger partial charge in [-0.1, -0.05) is 140 Å². The SMILES string of the molecule is CCCCCCCCc1csc(-c2ccc(-c3cc(CCCCCCCC)c(/C=C/c4ccc(N(c5ccc(Br)cc5)c5ccc(Br)cc5)cc4)s3)c3nsnc23)c1. The minimum atomic E-state index is 1.02. The fraction of sp³-hybridized carbons (Fsp3) is 0.320. The molecule has 0 radical (unpaired) electrons. The highest BCUT2D eigenvalue weighted by atomic mass is 79.9. The van der Waals surface area contributed by atoms with Crippen molar-refractivity contribution in [1.82, 2.24) is 8.75 Å². The molecule has 3 heterocycles. The molecule has 0 aliphatic carbocycles. The van der Waals surface area contributed by atoms with Crippen molar-refractivity contribution in [2.45, 2.75) is 104 Å². The van der Waals surface area contributed by atoms with E-state index in [-0.39, 0.29) is 0 Å². The Morgan fingerprint density at radius 3 is 1.66 bits per heavy atom. The van der Waals surface area contributed by atoms with E-state index in [4.69, 9.17) is 8.75 Å². The molecule has 8 heteroatoms. The Morgan fingerprint density at radius 2 is 1.07 bits per heavy atom. The molecule has 58 heavy (non-hydrogen) atoms. The Labute approximate surface area is 374 Å². The van der Waals surface area contributed by atoms with E-state index in [2.05, 4.69) is 165 Å². The van der Waals surface area contributed by atoms with Gasteiger partial charge in [-0.2, -0.15) is 8.75 Å². The Bertz CT molecular complexity index is 2310. The van der Waals surface area contributed by atoms with Gasteiger partial charge < -0.3 is 4.90 Å². The Kier molecular flexibility index (Phi) is 16.0. The average molecular weight is 952 g/mol. The molecule has 0 atom stereocenters. The van der Waals surface area contributed by atoms with Gasteiger partial charge in [0.1, 0.15) is 11.0 Å². The summed E-state index contributed by atoms with van der Waals surface area (Å²) in [6.07, 6.45) is 22.6. The van der Waals surface area contributed by atoms with Crippen molar-refractivity contribution in [3.63, 3.8) is 0 Å². The summed E-state index contributed by atoms with van der Waals surface area (Å²) in [5.41, 5.74) is 11.8. The second-order valence-corrected chi connectivity index (χ2v) is 19.5. The van der Waals surface area contributed by atoms with E-state index in [1.807, 2.05) is 22.7 Å². The highest BCUT2D eigenvalue weighted by Crippen LogP contribution is 2.42. The fourth-order valence-corrected chi connectivity index (χ4v) is 10.8. The zero-order valence-electron chi connectivity index (χ0n) is 33.7. The fourth-order valence-electron chi connectivity index (χ4n) is 7.56. The summed E-state index contributed by atoms with van der Waals surface area (Å²) in [5, 5.41) is 2.35. The Hall–Kier alpha value is -3.40. The maximum Gasteiger partial charge on any atom is 0.114 e. The molecule has 0 fully saturated rings. The van der Waals surface area contributed by atoms with Gasteiger partial charge in [-0.3, -0.25) is 0 Å². The zero-order chi connectivity index (χ0) is 40.1. The average Bonchev–Trinajstić information content (AvgIpc) is 4.02. The number of aromatic nitrogens is 2. The van der Waals surface area contributed by atoms with Crippen LogP contribution < -0.4 is 4.90 Å². The normalized spacial score (nSPS) is 11.7. The summed E-state index contributed by atoms with van der Waals surface area (Å²) < 4.78 is 11.9. The lowest BCUT2D eigenvalue weighted by Crippen LogP contribution is -2.09. The molecule has 7 rings (SSSR count). The van der Waals surface area contributed by atoms with Gasteiger partial charge in [-0.25, -0.2) is 0 Å². The number of hydrogen-bond acceptors (Lipinski definition) is 6. The molecular formula is C50H53Br2N3S3. The molecule has 0 aliphatic rings. The van der Waals surface area contributed by atoms with Crippen LogP contribution in [0.2, 0.25) is 0 Å². The lowest BCUT2D eigenvalue weighted by atomic mass is 10.0. The van der Waals surface area contributed by atoms with Gasteiger partial charge in [0.2, 0.25) is 0 Å². The van der Waals surface area contributed by atoms with E-state index in [0.29, 0.717) is 0 Å². The number of halogens is 2. The van der Waals surface area contributed by atoms with Crippen molar-refractivity contribution >= 4 is 107 Å². The van der Waals surface area contributed by atoms with Crippen molar-refractivity contribution in [1.29, 1.82) is 0 Å². The molecule has 0 spiro atoms. The van der Waals surface area contributed by atoms with Crippen molar-refractivity contribution < 1.29 is 0 Å². The molecule has 7 aromatic rings. The molecule has 0 saturated heterocycles. The van der Waals surface area contributed by atoms with E-state index < -0.39 is 0 Å². The first-order chi connectivity index (χ1) is 28.5. The van der Waals surface area contributed by atoms with Crippen LogP contribution in [0, 0.1) is 0 Å². The number of fused-ring (bicyclic) bond motifs is 1. The number of rotatable bonds is 21. The van der Waals surface area contributed by atoms with E-state index in [0.717, 1.165) is 49.9 Å². The van der Waals surface area contributed by atoms with Crippen molar-refractivity contribution in [3.05, 3.63) is 133 Å². The van der Waals surface area contributed by atoms with Crippen molar-refractivity contribution in [2.75, 3.05) is 4.90 Å². The van der Waals surface area contributed by atoms with E-state index in [9.17, 15) is 0 Å². The minimum absolute atomic E-state index is 1.02. The maximum atomic E-state index is 4.90. The largest absolute Gasteiger partial charge is 0.311 e. The number of unbranched alkanes of at least 4 members (excludes halogenated alkanes) is 10. The highest BCUT2D eigenvalue weighted by Gasteiger charge is 2.18. The summed E-state index contributed by atoms with van der Waals surface area (Å²) >= 11 is 12.3. The van der Waals surface area contributed by atoms with Gasteiger partial charge in [0.05, 0.1) is 11.7 Å². The van der Waals surface area contributed by atoms with Gasteiger partial charge in [-0.15, -0.1) is 22.7 Å². The molecule has 0 amide bonds. The van der Waals surface area contributed by atoms with Gasteiger partial charge in [0.25, 0.3) is 0 Å². The third kappa shape index (κ3) is 11.2. The summed E-state index contributed by atoms with van der Waals surface area (Å²) in [6, 6.07) is 35.3. The minimum Gasteiger partial charge on any atom is -0.311 e. The van der Waals surface area contributed by atoms with E-state index >= 15 is 0 Å². The van der Waals surface area contributed by atoms with E-state index in [1.54, 1.807) is 0 Å². The second kappa shape index (κ2) is 21.7. The summed E-state index contributed by atoms with van der Waals surface area (Å²) in [7, 11) is 0. The molecule has 0 aliphatic heterocycles. The van der Waals surface area contributed by atoms with Gasteiger partial charge in [0.15, 0.2) is 0 Å². The molecule has 0 saturated carbocycles. The van der Waals surface area contributed by atoms with Crippen LogP contribution in [0.15, 0.2) is 111 Å². The topological polar surface area (TPSA) is 29.0 Å². The van der Waals surface area contributed by atoms with Gasteiger partial charge >= 0.3 is 0 Å². The molecule has 3 nitrogen and oxygen atoms in total. The lowest BCUT2D eigenvalue weighted by Gasteiger charge is -2.25. The van der Waals surface area contributed by atoms with E-state index in [1.165, 1.54) is 131 Å². The molecule has 0 bridgehead atoms. The summed E-state index contributed by atoms with van der Waals surface area (Å²) in [6.45, 7) is 4.57. The lowest BCUT2D eigenvalue weighted by molar-refractivity contribution is 0.608. The summed E-state index contributed by atoms with van der Waals surface area (Å²) in [5.74, 6) is 0. The third-order valence-electron chi connectivity index (χ3n) is 10.8. The van der Waals surface area contributed by atoms with Crippen LogP contribution >= 0.6 is 66.3 Å². The monoisotopic (exact) mass is 949 g/mol.